The molecule has 1 fully saturated rings. The summed E-state index contributed by atoms with van der Waals surface area (Å²) in [5.74, 6) is 1.01. The van der Waals surface area contributed by atoms with Crippen LogP contribution in [0, 0.1) is 5.82 Å². The van der Waals surface area contributed by atoms with Crippen LogP contribution in [0.4, 0.5) is 4.39 Å². The van der Waals surface area contributed by atoms with Crippen molar-refractivity contribution in [3.05, 3.63) is 65.6 Å². The van der Waals surface area contributed by atoms with Gasteiger partial charge in [0.15, 0.2) is 5.76 Å². The van der Waals surface area contributed by atoms with Gasteiger partial charge in [-0.05, 0) is 49.2 Å². The molecule has 1 saturated heterocycles. The van der Waals surface area contributed by atoms with Crippen LogP contribution in [0.2, 0.25) is 0 Å². The normalized spacial score (nSPS) is 15.5. The van der Waals surface area contributed by atoms with Crippen molar-refractivity contribution >= 4 is 5.91 Å². The largest absolute Gasteiger partial charge is 0.497 e. The van der Waals surface area contributed by atoms with Gasteiger partial charge in [0.05, 0.1) is 32.4 Å². The fraction of sp³-hybridized carbons (Fsp3) is 0.333. The Morgan fingerprint density at radius 2 is 2.06 bits per heavy atom. The lowest BCUT2D eigenvalue weighted by atomic mass is 10.1. The van der Waals surface area contributed by atoms with Crippen molar-refractivity contribution < 1.29 is 27.9 Å². The van der Waals surface area contributed by atoms with E-state index in [-0.39, 0.29) is 24.1 Å². The minimum atomic E-state index is -0.457. The molecule has 0 N–H and O–H groups in total. The van der Waals surface area contributed by atoms with E-state index in [1.165, 1.54) is 18.2 Å². The molecule has 32 heavy (non-hydrogen) atoms. The van der Waals surface area contributed by atoms with Crippen molar-refractivity contribution in [3.8, 4) is 22.8 Å². The molecule has 168 valence electrons. The third-order valence-electron chi connectivity index (χ3n) is 5.39. The van der Waals surface area contributed by atoms with Crippen molar-refractivity contribution in [2.75, 3.05) is 27.4 Å². The topological polar surface area (TPSA) is 74.0 Å². The van der Waals surface area contributed by atoms with E-state index in [0.29, 0.717) is 41.7 Å². The van der Waals surface area contributed by atoms with Crippen LogP contribution in [-0.2, 0) is 11.3 Å². The zero-order valence-electron chi connectivity index (χ0n) is 18.0. The summed E-state index contributed by atoms with van der Waals surface area (Å²) in [6.07, 6.45) is 1.77. The molecule has 8 heteroatoms. The van der Waals surface area contributed by atoms with Gasteiger partial charge in [-0.25, -0.2) is 4.39 Å². The van der Waals surface area contributed by atoms with Crippen LogP contribution < -0.4 is 9.47 Å². The number of hydrogen-bond acceptors (Lipinski definition) is 6. The average Bonchev–Trinajstić information content (AvgIpc) is 3.50. The maximum absolute atomic E-state index is 13.7. The van der Waals surface area contributed by atoms with Crippen molar-refractivity contribution in [2.24, 2.45) is 0 Å². The first-order valence-electron chi connectivity index (χ1n) is 10.4. The first-order valence-corrected chi connectivity index (χ1v) is 10.4. The number of methoxy groups -OCH3 is 2. The summed E-state index contributed by atoms with van der Waals surface area (Å²) in [6, 6.07) is 12.8. The first-order chi connectivity index (χ1) is 15.6. The fourth-order valence-corrected chi connectivity index (χ4v) is 3.77. The highest BCUT2D eigenvalue weighted by Gasteiger charge is 2.25. The average molecular weight is 440 g/mol. The number of aromatic nitrogens is 1. The van der Waals surface area contributed by atoms with Crippen molar-refractivity contribution in [1.29, 1.82) is 0 Å². The van der Waals surface area contributed by atoms with E-state index in [4.69, 9.17) is 18.7 Å². The molecule has 1 aromatic heterocycles. The van der Waals surface area contributed by atoms with Gasteiger partial charge < -0.3 is 23.6 Å². The highest BCUT2D eigenvalue weighted by molar-refractivity contribution is 5.94. The molecular weight excluding hydrogens is 415 g/mol. The summed E-state index contributed by atoms with van der Waals surface area (Å²) in [6.45, 7) is 1.27. The number of carbonyl (C=O) groups excluding carboxylic acids is 1. The Balaban J connectivity index is 1.59. The Labute approximate surface area is 185 Å². The maximum Gasteiger partial charge on any atom is 0.254 e. The number of halogens is 1. The molecule has 0 radical (unpaired) electrons. The Morgan fingerprint density at radius 3 is 2.78 bits per heavy atom. The Morgan fingerprint density at radius 1 is 1.19 bits per heavy atom. The fourth-order valence-electron chi connectivity index (χ4n) is 3.77. The van der Waals surface area contributed by atoms with Crippen molar-refractivity contribution in [3.63, 3.8) is 0 Å². The number of ether oxygens (including phenoxy) is 3. The summed E-state index contributed by atoms with van der Waals surface area (Å²) in [4.78, 5) is 14.8. The number of nitrogens with zero attached hydrogens (tertiary/aromatic N) is 2. The predicted octanol–water partition coefficient (Wildman–Crippen LogP) is 4.32. The van der Waals surface area contributed by atoms with Gasteiger partial charge in [0.25, 0.3) is 5.91 Å². The molecule has 7 nitrogen and oxygen atoms in total. The van der Waals surface area contributed by atoms with Crippen LogP contribution in [0.5, 0.6) is 11.5 Å². The number of hydrogen-bond donors (Lipinski definition) is 0. The Bertz CT molecular complexity index is 1080. The number of amides is 1. The van der Waals surface area contributed by atoms with E-state index in [9.17, 15) is 9.18 Å². The highest BCUT2D eigenvalue weighted by Crippen LogP contribution is 2.34. The highest BCUT2D eigenvalue weighted by atomic mass is 19.1. The molecule has 0 spiro atoms. The minimum absolute atomic E-state index is 0.0580. The molecule has 2 heterocycles. The van der Waals surface area contributed by atoms with Gasteiger partial charge in [-0.3, -0.25) is 4.79 Å². The lowest BCUT2D eigenvalue weighted by Gasteiger charge is -2.24. The predicted molar refractivity (Wildman–Crippen MR) is 115 cm³/mol. The molecule has 4 rings (SSSR count). The van der Waals surface area contributed by atoms with E-state index >= 15 is 0 Å². The number of rotatable bonds is 8. The standard InChI is InChI=1S/C24H25FN2O5/c1-29-19-8-9-22(30-2)21(13-19)23-12-18(26-32-23)14-27(15-20-7-4-10-31-20)24(28)16-5-3-6-17(25)11-16/h3,5-6,8-9,11-13,20H,4,7,10,14-15H2,1-2H3/t20-/m1/s1. The molecular formula is C24H25FN2O5. The van der Waals surface area contributed by atoms with Gasteiger partial charge >= 0.3 is 0 Å². The molecule has 1 aliphatic heterocycles. The lowest BCUT2D eigenvalue weighted by Crippen LogP contribution is -2.37. The third-order valence-corrected chi connectivity index (χ3v) is 5.39. The van der Waals surface area contributed by atoms with Crippen molar-refractivity contribution in [2.45, 2.75) is 25.5 Å². The van der Waals surface area contributed by atoms with Gasteiger partial charge in [0.2, 0.25) is 0 Å². The number of carbonyl (C=O) groups is 1. The first kappa shape index (κ1) is 21.8. The molecule has 3 aromatic rings. The van der Waals surface area contributed by atoms with E-state index in [0.717, 1.165) is 12.8 Å². The van der Waals surface area contributed by atoms with E-state index in [1.54, 1.807) is 49.5 Å². The molecule has 0 aliphatic carbocycles. The molecule has 0 saturated carbocycles. The van der Waals surface area contributed by atoms with Crippen LogP contribution >= 0.6 is 0 Å². The third kappa shape index (κ3) is 4.91. The second-order valence-corrected chi connectivity index (χ2v) is 7.58. The van der Waals surface area contributed by atoms with E-state index < -0.39 is 5.82 Å². The van der Waals surface area contributed by atoms with Crippen LogP contribution in [0.25, 0.3) is 11.3 Å². The zero-order chi connectivity index (χ0) is 22.5. The summed E-state index contributed by atoms with van der Waals surface area (Å²) >= 11 is 0. The summed E-state index contributed by atoms with van der Waals surface area (Å²) in [7, 11) is 3.15. The van der Waals surface area contributed by atoms with Gasteiger partial charge in [-0.1, -0.05) is 11.2 Å². The smallest absolute Gasteiger partial charge is 0.254 e. The number of benzene rings is 2. The molecule has 2 aromatic carbocycles. The summed E-state index contributed by atoms with van der Waals surface area (Å²) in [5.41, 5.74) is 1.53. The van der Waals surface area contributed by atoms with Crippen LogP contribution in [0.1, 0.15) is 28.9 Å². The second-order valence-electron chi connectivity index (χ2n) is 7.58. The van der Waals surface area contributed by atoms with Crippen LogP contribution in [0.15, 0.2) is 53.1 Å². The van der Waals surface area contributed by atoms with E-state index in [2.05, 4.69) is 5.16 Å². The zero-order valence-corrected chi connectivity index (χ0v) is 18.0. The Kier molecular flexibility index (Phi) is 6.70. The SMILES string of the molecule is COc1ccc(OC)c(-c2cc(CN(C[C@H]3CCCO3)C(=O)c3cccc(F)c3)no2)c1. The summed E-state index contributed by atoms with van der Waals surface area (Å²) in [5, 5.41) is 4.15. The van der Waals surface area contributed by atoms with Crippen LogP contribution in [0.3, 0.4) is 0 Å². The molecule has 0 bridgehead atoms. The molecule has 1 atom stereocenters. The monoisotopic (exact) mass is 440 g/mol. The van der Waals surface area contributed by atoms with Gasteiger partial charge in [0, 0.05) is 24.8 Å². The van der Waals surface area contributed by atoms with Crippen LogP contribution in [-0.4, -0.2) is 49.4 Å². The van der Waals surface area contributed by atoms with Gasteiger partial charge in [0.1, 0.15) is 23.0 Å². The molecule has 1 amide bonds. The Hall–Kier alpha value is -3.39. The minimum Gasteiger partial charge on any atom is -0.497 e. The lowest BCUT2D eigenvalue weighted by molar-refractivity contribution is 0.0502. The van der Waals surface area contributed by atoms with E-state index in [1.807, 2.05) is 0 Å². The maximum atomic E-state index is 13.7. The van der Waals surface area contributed by atoms with Gasteiger partial charge in [-0.15, -0.1) is 0 Å². The molecule has 1 aliphatic rings. The van der Waals surface area contributed by atoms with Gasteiger partial charge in [-0.2, -0.15) is 0 Å². The van der Waals surface area contributed by atoms with Crippen molar-refractivity contribution in [1.82, 2.24) is 10.1 Å². The quantitative estimate of drug-likeness (QED) is 0.519. The second kappa shape index (κ2) is 9.82. The summed E-state index contributed by atoms with van der Waals surface area (Å²) < 4.78 is 35.7. The molecule has 0 unspecified atom stereocenters.